The molecule has 1 N–H and O–H groups in total. The molecular weight excluding hydrogens is 330 g/mol. The maximum Gasteiger partial charge on any atom is 0.241 e. The van der Waals surface area contributed by atoms with E-state index in [0.717, 1.165) is 37.2 Å². The zero-order valence-corrected chi connectivity index (χ0v) is 15.7. The Labute approximate surface area is 155 Å². The summed E-state index contributed by atoms with van der Waals surface area (Å²) in [5.74, 6) is 0.342. The lowest BCUT2D eigenvalue weighted by Gasteiger charge is -2.37. The number of likely N-dealkylation sites (tertiary alicyclic amines) is 1. The average Bonchev–Trinajstić information content (AvgIpc) is 2.67. The van der Waals surface area contributed by atoms with Crippen molar-refractivity contribution in [2.75, 3.05) is 44.7 Å². The molecule has 26 heavy (non-hydrogen) atoms. The molecule has 6 heteroatoms. The maximum absolute atomic E-state index is 12.6. The largest absolute Gasteiger partial charge is 0.378 e. The number of piperidine rings is 1. The van der Waals surface area contributed by atoms with Gasteiger partial charge in [-0.3, -0.25) is 14.5 Å². The standard InChI is InChI=1S/C20H29N3O3/c1-15-4-3-5-18(14-15)21-19(24)16(2)22-8-6-17(7-9-22)20(25)23-10-12-26-13-11-23/h3-5,14,16-17H,6-13H2,1-2H3,(H,21,24). The third-order valence-corrected chi connectivity index (χ3v) is 5.41. The number of rotatable bonds is 4. The molecule has 1 unspecified atom stereocenters. The van der Waals surface area contributed by atoms with E-state index in [-0.39, 0.29) is 23.8 Å². The number of nitrogens with one attached hydrogen (secondary N) is 1. The molecule has 3 rings (SSSR count). The van der Waals surface area contributed by atoms with Gasteiger partial charge < -0.3 is 15.0 Å². The zero-order chi connectivity index (χ0) is 18.5. The van der Waals surface area contributed by atoms with Gasteiger partial charge in [0.05, 0.1) is 19.3 Å². The van der Waals surface area contributed by atoms with E-state index in [0.29, 0.717) is 26.3 Å². The van der Waals surface area contributed by atoms with Gasteiger partial charge in [0.1, 0.15) is 0 Å². The van der Waals surface area contributed by atoms with Crippen LogP contribution in [0, 0.1) is 12.8 Å². The van der Waals surface area contributed by atoms with E-state index in [2.05, 4.69) is 10.2 Å². The normalized spacial score (nSPS) is 20.6. The fraction of sp³-hybridized carbons (Fsp3) is 0.600. The Morgan fingerprint density at radius 3 is 2.50 bits per heavy atom. The van der Waals surface area contributed by atoms with Crippen molar-refractivity contribution in [1.82, 2.24) is 9.80 Å². The smallest absolute Gasteiger partial charge is 0.241 e. The Balaban J connectivity index is 1.49. The molecule has 1 aromatic rings. The van der Waals surface area contributed by atoms with Gasteiger partial charge in [0.15, 0.2) is 0 Å². The predicted octanol–water partition coefficient (Wildman–Crippen LogP) is 1.89. The highest BCUT2D eigenvalue weighted by molar-refractivity contribution is 5.94. The van der Waals surface area contributed by atoms with Crippen LogP contribution in [0.25, 0.3) is 0 Å². The van der Waals surface area contributed by atoms with Crippen LogP contribution in [0.2, 0.25) is 0 Å². The van der Waals surface area contributed by atoms with Crippen LogP contribution in [0.5, 0.6) is 0 Å². The monoisotopic (exact) mass is 359 g/mol. The van der Waals surface area contributed by atoms with Gasteiger partial charge in [-0.2, -0.15) is 0 Å². The van der Waals surface area contributed by atoms with E-state index >= 15 is 0 Å². The van der Waals surface area contributed by atoms with Gasteiger partial charge in [-0.05, 0) is 57.5 Å². The van der Waals surface area contributed by atoms with Crippen LogP contribution in [-0.2, 0) is 14.3 Å². The van der Waals surface area contributed by atoms with E-state index < -0.39 is 0 Å². The summed E-state index contributed by atoms with van der Waals surface area (Å²) in [6.07, 6.45) is 1.64. The summed E-state index contributed by atoms with van der Waals surface area (Å²) < 4.78 is 5.32. The molecule has 0 radical (unpaired) electrons. The van der Waals surface area contributed by atoms with E-state index in [1.807, 2.05) is 43.0 Å². The van der Waals surface area contributed by atoms with E-state index in [4.69, 9.17) is 4.74 Å². The van der Waals surface area contributed by atoms with Crippen molar-refractivity contribution < 1.29 is 14.3 Å². The van der Waals surface area contributed by atoms with Gasteiger partial charge in [0.25, 0.3) is 0 Å². The SMILES string of the molecule is Cc1cccc(NC(=O)C(C)N2CCC(C(=O)N3CCOCC3)CC2)c1. The van der Waals surface area contributed by atoms with Crippen LogP contribution in [0.3, 0.4) is 0 Å². The molecule has 6 nitrogen and oxygen atoms in total. The number of carbonyl (C=O) groups is 2. The van der Waals surface area contributed by atoms with Gasteiger partial charge in [-0.15, -0.1) is 0 Å². The van der Waals surface area contributed by atoms with Gasteiger partial charge in [-0.1, -0.05) is 12.1 Å². The Kier molecular flexibility index (Phi) is 6.27. The molecule has 2 fully saturated rings. The fourth-order valence-electron chi connectivity index (χ4n) is 3.71. The number of nitrogens with zero attached hydrogens (tertiary/aromatic N) is 2. The highest BCUT2D eigenvalue weighted by Crippen LogP contribution is 2.22. The van der Waals surface area contributed by atoms with E-state index in [1.165, 1.54) is 0 Å². The molecule has 0 bridgehead atoms. The van der Waals surface area contributed by atoms with Crippen molar-refractivity contribution in [2.24, 2.45) is 5.92 Å². The van der Waals surface area contributed by atoms with Crippen molar-refractivity contribution in [3.8, 4) is 0 Å². The van der Waals surface area contributed by atoms with Crippen molar-refractivity contribution in [3.63, 3.8) is 0 Å². The van der Waals surface area contributed by atoms with Gasteiger partial charge in [0, 0.05) is 24.7 Å². The van der Waals surface area contributed by atoms with E-state index in [9.17, 15) is 9.59 Å². The van der Waals surface area contributed by atoms with Crippen LogP contribution >= 0.6 is 0 Å². The molecule has 2 amide bonds. The van der Waals surface area contributed by atoms with Crippen molar-refractivity contribution in [3.05, 3.63) is 29.8 Å². The number of hydrogen-bond acceptors (Lipinski definition) is 4. The Bertz CT molecular complexity index is 635. The molecule has 2 heterocycles. The lowest BCUT2D eigenvalue weighted by atomic mass is 9.94. The molecule has 2 aliphatic heterocycles. The van der Waals surface area contributed by atoms with Gasteiger partial charge in [0.2, 0.25) is 11.8 Å². The topological polar surface area (TPSA) is 61.9 Å². The first-order chi connectivity index (χ1) is 12.5. The highest BCUT2D eigenvalue weighted by atomic mass is 16.5. The number of anilines is 1. The molecule has 1 atom stereocenters. The van der Waals surface area contributed by atoms with Crippen LogP contribution < -0.4 is 5.32 Å². The molecule has 0 saturated carbocycles. The third-order valence-electron chi connectivity index (χ3n) is 5.41. The number of ether oxygens (including phenoxy) is 1. The summed E-state index contributed by atoms with van der Waals surface area (Å²) in [6.45, 7) is 8.20. The second-order valence-electron chi connectivity index (χ2n) is 7.28. The third kappa shape index (κ3) is 4.62. The Morgan fingerprint density at radius 1 is 1.15 bits per heavy atom. The molecule has 1 aromatic carbocycles. The summed E-state index contributed by atoms with van der Waals surface area (Å²) in [5, 5.41) is 3.00. The number of carbonyl (C=O) groups excluding carboxylic acids is 2. The number of benzene rings is 1. The highest BCUT2D eigenvalue weighted by Gasteiger charge is 2.32. The first-order valence-corrected chi connectivity index (χ1v) is 9.52. The second-order valence-corrected chi connectivity index (χ2v) is 7.28. The zero-order valence-electron chi connectivity index (χ0n) is 15.7. The van der Waals surface area contributed by atoms with Crippen molar-refractivity contribution in [1.29, 1.82) is 0 Å². The first-order valence-electron chi connectivity index (χ1n) is 9.52. The fourth-order valence-corrected chi connectivity index (χ4v) is 3.71. The number of hydrogen-bond donors (Lipinski definition) is 1. The van der Waals surface area contributed by atoms with E-state index in [1.54, 1.807) is 0 Å². The summed E-state index contributed by atoms with van der Waals surface area (Å²) >= 11 is 0. The summed E-state index contributed by atoms with van der Waals surface area (Å²) in [6, 6.07) is 7.63. The number of aryl methyl sites for hydroxylation is 1. The molecule has 2 saturated heterocycles. The average molecular weight is 359 g/mol. The first kappa shape index (κ1) is 18.9. The minimum absolute atomic E-state index is 0.00792. The Morgan fingerprint density at radius 2 is 1.85 bits per heavy atom. The van der Waals surface area contributed by atoms with Crippen molar-refractivity contribution in [2.45, 2.75) is 32.7 Å². The Hall–Kier alpha value is -1.92. The lowest BCUT2D eigenvalue weighted by Crippen LogP contribution is -2.50. The number of amides is 2. The molecule has 0 aromatic heterocycles. The van der Waals surface area contributed by atoms with Gasteiger partial charge in [-0.25, -0.2) is 0 Å². The summed E-state index contributed by atoms with van der Waals surface area (Å²) in [5.41, 5.74) is 1.96. The van der Waals surface area contributed by atoms with Crippen LogP contribution in [0.15, 0.2) is 24.3 Å². The minimum atomic E-state index is -0.199. The quantitative estimate of drug-likeness (QED) is 0.892. The second kappa shape index (κ2) is 8.64. The number of morpholine rings is 1. The maximum atomic E-state index is 12.6. The minimum Gasteiger partial charge on any atom is -0.378 e. The summed E-state index contributed by atoms with van der Waals surface area (Å²) in [7, 11) is 0. The van der Waals surface area contributed by atoms with Crippen LogP contribution in [-0.4, -0.2) is 67.0 Å². The predicted molar refractivity (Wildman–Crippen MR) is 101 cm³/mol. The van der Waals surface area contributed by atoms with Crippen molar-refractivity contribution >= 4 is 17.5 Å². The van der Waals surface area contributed by atoms with Crippen LogP contribution in [0.4, 0.5) is 5.69 Å². The summed E-state index contributed by atoms with van der Waals surface area (Å²) in [4.78, 5) is 29.3. The molecule has 2 aliphatic rings. The molecule has 0 aliphatic carbocycles. The van der Waals surface area contributed by atoms with Gasteiger partial charge >= 0.3 is 0 Å². The molecule has 142 valence electrons. The lowest BCUT2D eigenvalue weighted by molar-refractivity contribution is -0.141. The molecular formula is C20H29N3O3. The van der Waals surface area contributed by atoms with Crippen LogP contribution in [0.1, 0.15) is 25.3 Å². The molecule has 0 spiro atoms.